The maximum atomic E-state index is 12.5. The third kappa shape index (κ3) is 5.12. The average Bonchev–Trinajstić information content (AvgIpc) is 2.69. The van der Waals surface area contributed by atoms with Crippen LogP contribution in [-0.2, 0) is 28.9 Å². The zero-order valence-corrected chi connectivity index (χ0v) is 16.9. The fraction of sp³-hybridized carbons (Fsp3) is 0.652. The second-order valence-electron chi connectivity index (χ2n) is 8.17. The number of hydrogen-bond donors (Lipinski definition) is 1. The molecule has 4 nitrogen and oxygen atoms in total. The van der Waals surface area contributed by atoms with Crippen LogP contribution >= 0.6 is 0 Å². The van der Waals surface area contributed by atoms with Gasteiger partial charge in [-0.05, 0) is 68.1 Å². The molecule has 1 N–H and O–H groups in total. The van der Waals surface area contributed by atoms with Gasteiger partial charge in [-0.25, -0.2) is 0 Å². The minimum Gasteiger partial charge on any atom is -0.353 e. The summed E-state index contributed by atoms with van der Waals surface area (Å²) in [5.41, 5.74) is 4.01. The molecule has 1 aliphatic carbocycles. The van der Waals surface area contributed by atoms with Gasteiger partial charge in [0.05, 0.1) is 6.42 Å². The van der Waals surface area contributed by atoms with Crippen molar-refractivity contribution in [3.63, 3.8) is 0 Å². The number of rotatable bonds is 6. The summed E-state index contributed by atoms with van der Waals surface area (Å²) in [6, 6.07) is 6.74. The highest BCUT2D eigenvalue weighted by Crippen LogP contribution is 2.22. The number of carbonyl (C=O) groups is 2. The third-order valence-corrected chi connectivity index (χ3v) is 6.28. The van der Waals surface area contributed by atoms with E-state index >= 15 is 0 Å². The molecule has 0 radical (unpaired) electrons. The first-order chi connectivity index (χ1) is 13.1. The Morgan fingerprint density at radius 1 is 1.07 bits per heavy atom. The summed E-state index contributed by atoms with van der Waals surface area (Å²) in [4.78, 5) is 26.9. The van der Waals surface area contributed by atoms with E-state index in [0.717, 1.165) is 50.8 Å². The van der Waals surface area contributed by atoms with E-state index in [-0.39, 0.29) is 17.9 Å². The van der Waals surface area contributed by atoms with E-state index in [2.05, 4.69) is 37.4 Å². The van der Waals surface area contributed by atoms with Crippen LogP contribution in [0.1, 0.15) is 69.1 Å². The van der Waals surface area contributed by atoms with Gasteiger partial charge in [-0.3, -0.25) is 9.59 Å². The number of amides is 2. The average molecular weight is 371 g/mol. The van der Waals surface area contributed by atoms with Crippen molar-refractivity contribution >= 4 is 11.8 Å². The van der Waals surface area contributed by atoms with E-state index in [0.29, 0.717) is 12.3 Å². The SMILES string of the molecule is CCC(CC)C(=O)N1CCC(NC(=O)Cc2ccc3c(c2)CCCC3)CC1. The van der Waals surface area contributed by atoms with Gasteiger partial charge in [-0.15, -0.1) is 0 Å². The predicted octanol–water partition coefficient (Wildman–Crippen LogP) is 3.65. The summed E-state index contributed by atoms with van der Waals surface area (Å²) in [6.45, 7) is 5.69. The Labute approximate surface area is 163 Å². The Morgan fingerprint density at radius 2 is 1.74 bits per heavy atom. The van der Waals surface area contributed by atoms with E-state index in [4.69, 9.17) is 0 Å². The summed E-state index contributed by atoms with van der Waals surface area (Å²) in [7, 11) is 0. The minimum absolute atomic E-state index is 0.107. The molecular weight excluding hydrogens is 336 g/mol. The Kier molecular flexibility index (Phi) is 6.92. The van der Waals surface area contributed by atoms with E-state index in [9.17, 15) is 9.59 Å². The molecule has 0 saturated carbocycles. The molecule has 0 spiro atoms. The molecule has 0 bridgehead atoms. The van der Waals surface area contributed by atoms with Gasteiger partial charge in [0, 0.05) is 25.0 Å². The Balaban J connectivity index is 1.46. The molecule has 0 aromatic heterocycles. The first kappa shape index (κ1) is 19.9. The molecule has 27 heavy (non-hydrogen) atoms. The van der Waals surface area contributed by atoms with E-state index in [1.165, 1.54) is 30.4 Å². The second-order valence-corrected chi connectivity index (χ2v) is 8.17. The first-order valence-electron chi connectivity index (χ1n) is 10.8. The minimum atomic E-state index is 0.107. The summed E-state index contributed by atoms with van der Waals surface area (Å²) in [5.74, 6) is 0.550. The highest BCUT2D eigenvalue weighted by atomic mass is 16.2. The van der Waals surface area contributed by atoms with Gasteiger partial charge in [0.2, 0.25) is 11.8 Å². The van der Waals surface area contributed by atoms with Crippen LogP contribution in [0.25, 0.3) is 0 Å². The van der Waals surface area contributed by atoms with Gasteiger partial charge in [-0.2, -0.15) is 0 Å². The Bertz CT molecular complexity index is 658. The molecule has 148 valence electrons. The fourth-order valence-corrected chi connectivity index (χ4v) is 4.50. The summed E-state index contributed by atoms with van der Waals surface area (Å²) < 4.78 is 0. The number of piperidine rings is 1. The molecule has 2 aliphatic rings. The Morgan fingerprint density at radius 3 is 2.41 bits per heavy atom. The van der Waals surface area contributed by atoms with Crippen molar-refractivity contribution in [1.82, 2.24) is 10.2 Å². The van der Waals surface area contributed by atoms with Crippen LogP contribution in [0.4, 0.5) is 0 Å². The molecule has 1 aromatic rings. The lowest BCUT2D eigenvalue weighted by molar-refractivity contribution is -0.137. The van der Waals surface area contributed by atoms with Crippen LogP contribution < -0.4 is 5.32 Å². The normalized spacial score (nSPS) is 17.7. The van der Waals surface area contributed by atoms with E-state index < -0.39 is 0 Å². The van der Waals surface area contributed by atoms with Crippen molar-refractivity contribution < 1.29 is 9.59 Å². The number of hydrogen-bond acceptors (Lipinski definition) is 2. The molecule has 1 fully saturated rings. The maximum Gasteiger partial charge on any atom is 0.225 e. The lowest BCUT2D eigenvalue weighted by atomic mass is 9.90. The first-order valence-corrected chi connectivity index (χ1v) is 10.8. The molecule has 3 rings (SSSR count). The molecule has 0 unspecified atom stereocenters. The van der Waals surface area contributed by atoms with Crippen molar-refractivity contribution in [3.8, 4) is 0 Å². The van der Waals surface area contributed by atoms with Crippen LogP contribution in [0.15, 0.2) is 18.2 Å². The topological polar surface area (TPSA) is 49.4 Å². The molecule has 1 aliphatic heterocycles. The zero-order valence-electron chi connectivity index (χ0n) is 16.9. The molecule has 1 saturated heterocycles. The lowest BCUT2D eigenvalue weighted by Gasteiger charge is -2.34. The standard InChI is InChI=1S/C23H34N2O2/c1-3-18(4-2)23(27)25-13-11-21(12-14-25)24-22(26)16-17-9-10-19-7-5-6-8-20(19)15-17/h9-10,15,18,21H,3-8,11-14,16H2,1-2H3,(H,24,26). The van der Waals surface area contributed by atoms with Crippen molar-refractivity contribution in [2.24, 2.45) is 5.92 Å². The molecule has 1 heterocycles. The highest BCUT2D eigenvalue weighted by molar-refractivity contribution is 5.80. The number of nitrogens with one attached hydrogen (secondary N) is 1. The molecular formula is C23H34N2O2. The fourth-order valence-electron chi connectivity index (χ4n) is 4.50. The van der Waals surface area contributed by atoms with Crippen LogP contribution in [-0.4, -0.2) is 35.8 Å². The van der Waals surface area contributed by atoms with Gasteiger partial charge in [0.25, 0.3) is 0 Å². The largest absolute Gasteiger partial charge is 0.353 e. The molecule has 2 amide bonds. The number of likely N-dealkylation sites (tertiary alicyclic amines) is 1. The van der Waals surface area contributed by atoms with Crippen molar-refractivity contribution in [1.29, 1.82) is 0 Å². The summed E-state index contributed by atoms with van der Waals surface area (Å²) in [5, 5.41) is 3.19. The quantitative estimate of drug-likeness (QED) is 0.831. The van der Waals surface area contributed by atoms with Gasteiger partial charge in [-0.1, -0.05) is 32.0 Å². The molecule has 0 atom stereocenters. The monoisotopic (exact) mass is 370 g/mol. The second kappa shape index (κ2) is 9.38. The number of aryl methyl sites for hydroxylation is 2. The lowest BCUT2D eigenvalue weighted by Crippen LogP contribution is -2.48. The third-order valence-electron chi connectivity index (χ3n) is 6.28. The van der Waals surface area contributed by atoms with Crippen LogP contribution in [0, 0.1) is 5.92 Å². The van der Waals surface area contributed by atoms with Crippen molar-refractivity contribution in [2.75, 3.05) is 13.1 Å². The van der Waals surface area contributed by atoms with Crippen molar-refractivity contribution in [2.45, 2.75) is 77.7 Å². The van der Waals surface area contributed by atoms with E-state index in [1.54, 1.807) is 0 Å². The van der Waals surface area contributed by atoms with Gasteiger partial charge >= 0.3 is 0 Å². The van der Waals surface area contributed by atoms with Gasteiger partial charge in [0.1, 0.15) is 0 Å². The number of benzene rings is 1. The summed E-state index contributed by atoms with van der Waals surface area (Å²) >= 11 is 0. The smallest absolute Gasteiger partial charge is 0.225 e. The molecule has 1 aromatic carbocycles. The Hall–Kier alpha value is -1.84. The maximum absolute atomic E-state index is 12.5. The van der Waals surface area contributed by atoms with Crippen LogP contribution in [0.3, 0.4) is 0 Å². The number of nitrogens with zero attached hydrogens (tertiary/aromatic N) is 1. The number of fused-ring (bicyclic) bond motifs is 1. The van der Waals surface area contributed by atoms with Gasteiger partial charge < -0.3 is 10.2 Å². The van der Waals surface area contributed by atoms with Crippen LogP contribution in [0.5, 0.6) is 0 Å². The van der Waals surface area contributed by atoms with Gasteiger partial charge in [0.15, 0.2) is 0 Å². The molecule has 4 heteroatoms. The zero-order chi connectivity index (χ0) is 19.2. The summed E-state index contributed by atoms with van der Waals surface area (Å²) in [6.07, 6.45) is 8.87. The van der Waals surface area contributed by atoms with Crippen molar-refractivity contribution in [3.05, 3.63) is 34.9 Å². The van der Waals surface area contributed by atoms with Crippen LogP contribution in [0.2, 0.25) is 0 Å². The van der Waals surface area contributed by atoms with E-state index in [1.807, 2.05) is 4.90 Å². The predicted molar refractivity (Wildman–Crippen MR) is 109 cm³/mol. The number of carbonyl (C=O) groups excluding carboxylic acids is 2. The highest BCUT2D eigenvalue weighted by Gasteiger charge is 2.27.